The number of benzene rings is 1. The lowest BCUT2D eigenvalue weighted by Crippen LogP contribution is -2.22. The van der Waals surface area contributed by atoms with Gasteiger partial charge in [0, 0.05) is 23.8 Å². The molecular formula is C13H12ClFO2. The third-order valence-electron chi connectivity index (χ3n) is 3.11. The molecule has 4 heteroatoms. The van der Waals surface area contributed by atoms with Crippen molar-refractivity contribution in [3.8, 4) is 0 Å². The van der Waals surface area contributed by atoms with Gasteiger partial charge in [0.05, 0.1) is 5.56 Å². The highest BCUT2D eigenvalue weighted by atomic mass is 35.5. The summed E-state index contributed by atoms with van der Waals surface area (Å²) in [4.78, 5) is 23.2. The van der Waals surface area contributed by atoms with Gasteiger partial charge in [0.15, 0.2) is 5.78 Å². The molecule has 0 aromatic heterocycles. The molecule has 2 rings (SSSR count). The van der Waals surface area contributed by atoms with Crippen LogP contribution < -0.4 is 0 Å². The Labute approximate surface area is 104 Å². The van der Waals surface area contributed by atoms with E-state index in [9.17, 15) is 14.0 Å². The first-order chi connectivity index (χ1) is 8.08. The monoisotopic (exact) mass is 254 g/mol. The van der Waals surface area contributed by atoms with E-state index in [0.29, 0.717) is 30.7 Å². The number of rotatable bonds is 2. The molecule has 1 saturated carbocycles. The quantitative estimate of drug-likeness (QED) is 0.758. The van der Waals surface area contributed by atoms with Crippen molar-refractivity contribution in [3.05, 3.63) is 34.6 Å². The van der Waals surface area contributed by atoms with Crippen molar-refractivity contribution in [2.24, 2.45) is 5.92 Å². The predicted octanol–water partition coefficient (Wildman–Crippen LogP) is 3.42. The summed E-state index contributed by atoms with van der Waals surface area (Å²) in [6, 6.07) is 3.97. The van der Waals surface area contributed by atoms with Crippen molar-refractivity contribution >= 4 is 23.2 Å². The van der Waals surface area contributed by atoms with Crippen molar-refractivity contribution in [1.29, 1.82) is 0 Å². The molecular weight excluding hydrogens is 243 g/mol. The van der Waals surface area contributed by atoms with E-state index in [4.69, 9.17) is 11.6 Å². The molecule has 2 nitrogen and oxygen atoms in total. The number of hydrogen-bond donors (Lipinski definition) is 0. The molecule has 1 aliphatic carbocycles. The van der Waals surface area contributed by atoms with Crippen LogP contribution in [0.2, 0.25) is 5.02 Å². The molecule has 17 heavy (non-hydrogen) atoms. The lowest BCUT2D eigenvalue weighted by molar-refractivity contribution is -0.120. The Morgan fingerprint density at radius 2 is 1.94 bits per heavy atom. The second kappa shape index (κ2) is 4.96. The third kappa shape index (κ3) is 2.72. The zero-order valence-electron chi connectivity index (χ0n) is 9.21. The van der Waals surface area contributed by atoms with Crippen LogP contribution in [0.1, 0.15) is 36.0 Å². The van der Waals surface area contributed by atoms with Gasteiger partial charge in [-0.1, -0.05) is 11.6 Å². The van der Waals surface area contributed by atoms with Crippen molar-refractivity contribution in [2.75, 3.05) is 0 Å². The van der Waals surface area contributed by atoms with Crippen LogP contribution in [-0.2, 0) is 4.79 Å². The van der Waals surface area contributed by atoms with E-state index in [1.165, 1.54) is 18.2 Å². The predicted molar refractivity (Wildman–Crippen MR) is 62.7 cm³/mol. The Morgan fingerprint density at radius 1 is 1.29 bits per heavy atom. The molecule has 0 amide bonds. The first-order valence-electron chi connectivity index (χ1n) is 5.59. The topological polar surface area (TPSA) is 34.1 Å². The molecule has 1 aliphatic rings. The van der Waals surface area contributed by atoms with Gasteiger partial charge in [-0.15, -0.1) is 0 Å². The minimum absolute atomic E-state index is 0.0387. The molecule has 0 unspecified atom stereocenters. The maximum Gasteiger partial charge on any atom is 0.168 e. The fourth-order valence-corrected chi connectivity index (χ4v) is 2.28. The number of Topliss-reactive ketones (excluding diaryl/α,β-unsaturated/α-hetero) is 2. The highest BCUT2D eigenvalue weighted by Gasteiger charge is 2.27. The minimum atomic E-state index is -0.545. The molecule has 0 spiro atoms. The van der Waals surface area contributed by atoms with Gasteiger partial charge in [-0.3, -0.25) is 9.59 Å². The molecule has 1 aromatic rings. The van der Waals surface area contributed by atoms with Gasteiger partial charge in [0.2, 0.25) is 0 Å². The van der Waals surface area contributed by atoms with Crippen molar-refractivity contribution in [2.45, 2.75) is 25.7 Å². The average Bonchev–Trinajstić information content (AvgIpc) is 2.32. The van der Waals surface area contributed by atoms with Crippen LogP contribution >= 0.6 is 11.6 Å². The van der Waals surface area contributed by atoms with Crippen LogP contribution in [0.15, 0.2) is 18.2 Å². The molecule has 0 bridgehead atoms. The zero-order valence-corrected chi connectivity index (χ0v) is 9.97. The summed E-state index contributed by atoms with van der Waals surface area (Å²) in [7, 11) is 0. The summed E-state index contributed by atoms with van der Waals surface area (Å²) in [5.74, 6) is -0.852. The van der Waals surface area contributed by atoms with E-state index < -0.39 is 5.82 Å². The van der Waals surface area contributed by atoms with Gasteiger partial charge >= 0.3 is 0 Å². The van der Waals surface area contributed by atoms with E-state index >= 15 is 0 Å². The van der Waals surface area contributed by atoms with E-state index in [2.05, 4.69) is 0 Å². The van der Waals surface area contributed by atoms with Gasteiger partial charge in [-0.05, 0) is 31.0 Å². The Kier molecular flexibility index (Phi) is 3.57. The Hall–Kier alpha value is -1.22. The molecule has 0 N–H and O–H groups in total. The molecule has 0 radical (unpaired) electrons. The SMILES string of the molecule is O=C1CCC(C(=O)c2cc(Cl)ccc2F)CC1. The molecule has 1 aromatic carbocycles. The summed E-state index contributed by atoms with van der Waals surface area (Å²) in [6.07, 6.45) is 1.87. The highest BCUT2D eigenvalue weighted by molar-refractivity contribution is 6.31. The maximum absolute atomic E-state index is 13.5. The fraction of sp³-hybridized carbons (Fsp3) is 0.385. The van der Waals surface area contributed by atoms with Crippen LogP contribution in [0.4, 0.5) is 4.39 Å². The largest absolute Gasteiger partial charge is 0.300 e. The second-order valence-electron chi connectivity index (χ2n) is 4.30. The Bertz CT molecular complexity index is 460. The van der Waals surface area contributed by atoms with Gasteiger partial charge in [-0.25, -0.2) is 4.39 Å². The number of ketones is 2. The molecule has 0 aliphatic heterocycles. The standard InChI is InChI=1S/C13H12ClFO2/c14-9-3-6-12(15)11(7-9)13(17)8-1-4-10(16)5-2-8/h3,6-8H,1-2,4-5H2. The fourth-order valence-electron chi connectivity index (χ4n) is 2.11. The number of hydrogen-bond acceptors (Lipinski definition) is 2. The summed E-state index contributed by atoms with van der Waals surface area (Å²) in [5.41, 5.74) is 0.0387. The number of carbonyl (C=O) groups is 2. The van der Waals surface area contributed by atoms with E-state index in [-0.39, 0.29) is 23.0 Å². The summed E-state index contributed by atoms with van der Waals surface area (Å²) in [6.45, 7) is 0. The van der Waals surface area contributed by atoms with E-state index in [1.807, 2.05) is 0 Å². The molecule has 90 valence electrons. The molecule has 1 fully saturated rings. The minimum Gasteiger partial charge on any atom is -0.300 e. The van der Waals surface area contributed by atoms with Crippen molar-refractivity contribution in [1.82, 2.24) is 0 Å². The van der Waals surface area contributed by atoms with Crippen molar-refractivity contribution in [3.63, 3.8) is 0 Å². The van der Waals surface area contributed by atoms with Gasteiger partial charge in [0.25, 0.3) is 0 Å². The van der Waals surface area contributed by atoms with Gasteiger partial charge in [0.1, 0.15) is 11.6 Å². The average molecular weight is 255 g/mol. The van der Waals surface area contributed by atoms with Crippen LogP contribution in [0, 0.1) is 11.7 Å². The van der Waals surface area contributed by atoms with Gasteiger partial charge in [-0.2, -0.15) is 0 Å². The summed E-state index contributed by atoms with van der Waals surface area (Å²) >= 11 is 5.75. The van der Waals surface area contributed by atoms with Gasteiger partial charge < -0.3 is 0 Å². The number of carbonyl (C=O) groups excluding carboxylic acids is 2. The molecule has 0 atom stereocenters. The molecule has 0 saturated heterocycles. The normalized spacial score (nSPS) is 17.2. The summed E-state index contributed by atoms with van der Waals surface area (Å²) in [5, 5.41) is 0.349. The maximum atomic E-state index is 13.5. The Balaban J connectivity index is 2.19. The molecule has 0 heterocycles. The second-order valence-corrected chi connectivity index (χ2v) is 4.74. The lowest BCUT2D eigenvalue weighted by Gasteiger charge is -2.19. The van der Waals surface area contributed by atoms with Crippen LogP contribution in [0.3, 0.4) is 0 Å². The summed E-state index contributed by atoms with van der Waals surface area (Å²) < 4.78 is 13.5. The van der Waals surface area contributed by atoms with Crippen LogP contribution in [0.5, 0.6) is 0 Å². The van der Waals surface area contributed by atoms with E-state index in [1.54, 1.807) is 0 Å². The number of halogens is 2. The highest BCUT2D eigenvalue weighted by Crippen LogP contribution is 2.27. The first-order valence-corrected chi connectivity index (χ1v) is 5.96. The third-order valence-corrected chi connectivity index (χ3v) is 3.34. The lowest BCUT2D eigenvalue weighted by atomic mass is 9.83. The van der Waals surface area contributed by atoms with Crippen molar-refractivity contribution < 1.29 is 14.0 Å². The van der Waals surface area contributed by atoms with E-state index in [0.717, 1.165) is 0 Å². The zero-order chi connectivity index (χ0) is 12.4. The smallest absolute Gasteiger partial charge is 0.168 e. The first kappa shape index (κ1) is 12.2. The van der Waals surface area contributed by atoms with Crippen LogP contribution in [0.25, 0.3) is 0 Å². The Morgan fingerprint density at radius 3 is 2.59 bits per heavy atom. The van der Waals surface area contributed by atoms with Crippen LogP contribution in [-0.4, -0.2) is 11.6 Å².